The van der Waals surface area contributed by atoms with Crippen LogP contribution in [0.25, 0.3) is 0 Å². The zero-order valence-corrected chi connectivity index (χ0v) is 9.16. The molecule has 0 aliphatic carbocycles. The Hall–Kier alpha value is -0.220. The van der Waals surface area contributed by atoms with E-state index in [1.165, 1.54) is 0 Å². The zero-order chi connectivity index (χ0) is 8.97. The topological polar surface area (TPSA) is 16.1 Å². The average Bonchev–Trinajstić information content (AvgIpc) is 2.55. The van der Waals surface area contributed by atoms with Gasteiger partial charge in [-0.2, -0.15) is 12.6 Å². The second-order valence-corrected chi connectivity index (χ2v) is 3.60. The predicted octanol–water partition coefficient (Wildman–Crippen LogP) is 2.42. The van der Waals surface area contributed by atoms with Crippen molar-refractivity contribution < 1.29 is 0 Å². The minimum absolute atomic E-state index is 0.734. The number of thiol groups is 1. The van der Waals surface area contributed by atoms with Crippen LogP contribution in [-0.4, -0.2) is 18.1 Å². The lowest BCUT2D eigenvalue weighted by Gasteiger charge is -2.16. The standard InChI is InChI=1S/C8H14N2S2/c1-3-10(4-2)8-9-7(5-11)6-12-8/h6,11H,3-5H2,1-2H3. The normalized spacial score (nSPS) is 10.2. The lowest BCUT2D eigenvalue weighted by atomic mass is 10.5. The van der Waals surface area contributed by atoms with Crippen molar-refractivity contribution in [3.05, 3.63) is 11.1 Å². The molecule has 0 aromatic carbocycles. The lowest BCUT2D eigenvalue weighted by Crippen LogP contribution is -2.21. The van der Waals surface area contributed by atoms with Crippen molar-refractivity contribution in [2.24, 2.45) is 0 Å². The van der Waals surface area contributed by atoms with E-state index in [0.29, 0.717) is 0 Å². The summed E-state index contributed by atoms with van der Waals surface area (Å²) in [6, 6.07) is 0. The van der Waals surface area contributed by atoms with Gasteiger partial charge in [0.25, 0.3) is 0 Å². The molecule has 0 spiro atoms. The van der Waals surface area contributed by atoms with Crippen molar-refractivity contribution in [1.82, 2.24) is 4.98 Å². The first-order chi connectivity index (χ1) is 5.81. The van der Waals surface area contributed by atoms with Crippen molar-refractivity contribution in [3.8, 4) is 0 Å². The fourth-order valence-corrected chi connectivity index (χ4v) is 2.25. The Kier molecular flexibility index (Phi) is 3.88. The van der Waals surface area contributed by atoms with Crippen LogP contribution in [0.15, 0.2) is 5.38 Å². The van der Waals surface area contributed by atoms with Gasteiger partial charge in [0.15, 0.2) is 5.13 Å². The Morgan fingerprint density at radius 2 is 2.17 bits per heavy atom. The summed E-state index contributed by atoms with van der Waals surface area (Å²) in [5, 5.41) is 3.18. The molecule has 0 bridgehead atoms. The molecule has 0 unspecified atom stereocenters. The molecule has 1 heterocycles. The molecule has 1 aromatic heterocycles. The van der Waals surface area contributed by atoms with Gasteiger partial charge in [-0.1, -0.05) is 0 Å². The molecule has 0 aliphatic rings. The summed E-state index contributed by atoms with van der Waals surface area (Å²) in [4.78, 5) is 6.69. The molecule has 1 aromatic rings. The SMILES string of the molecule is CCN(CC)c1nc(CS)cs1. The first kappa shape index (κ1) is 9.86. The minimum Gasteiger partial charge on any atom is -0.349 e. The van der Waals surface area contributed by atoms with Crippen molar-refractivity contribution >= 4 is 29.1 Å². The fourth-order valence-electron chi connectivity index (χ4n) is 1.01. The summed E-state index contributed by atoms with van der Waals surface area (Å²) in [7, 11) is 0. The van der Waals surface area contributed by atoms with Gasteiger partial charge in [0.2, 0.25) is 0 Å². The average molecular weight is 202 g/mol. The van der Waals surface area contributed by atoms with E-state index >= 15 is 0 Å². The van der Waals surface area contributed by atoms with Crippen LogP contribution in [0.2, 0.25) is 0 Å². The van der Waals surface area contributed by atoms with Gasteiger partial charge in [-0.15, -0.1) is 11.3 Å². The molecule has 12 heavy (non-hydrogen) atoms. The number of hydrogen-bond donors (Lipinski definition) is 1. The van der Waals surface area contributed by atoms with Crippen LogP contribution in [0, 0.1) is 0 Å². The van der Waals surface area contributed by atoms with Gasteiger partial charge in [0.05, 0.1) is 5.69 Å². The molecule has 0 saturated carbocycles. The second-order valence-electron chi connectivity index (χ2n) is 2.45. The third-order valence-corrected chi connectivity index (χ3v) is 3.01. The predicted molar refractivity (Wildman–Crippen MR) is 58.4 cm³/mol. The van der Waals surface area contributed by atoms with Gasteiger partial charge in [0, 0.05) is 24.2 Å². The zero-order valence-electron chi connectivity index (χ0n) is 7.45. The summed E-state index contributed by atoms with van der Waals surface area (Å²) in [6.45, 7) is 6.34. The number of aromatic nitrogens is 1. The highest BCUT2D eigenvalue weighted by atomic mass is 32.1. The molecule has 4 heteroatoms. The molecule has 0 amide bonds. The van der Waals surface area contributed by atoms with E-state index in [-0.39, 0.29) is 0 Å². The van der Waals surface area contributed by atoms with Gasteiger partial charge >= 0.3 is 0 Å². The highest BCUT2D eigenvalue weighted by Crippen LogP contribution is 2.20. The largest absolute Gasteiger partial charge is 0.349 e. The molecule has 0 aliphatic heterocycles. The maximum absolute atomic E-state index is 4.44. The first-order valence-electron chi connectivity index (χ1n) is 4.12. The van der Waals surface area contributed by atoms with E-state index < -0.39 is 0 Å². The fraction of sp³-hybridized carbons (Fsp3) is 0.625. The number of hydrogen-bond acceptors (Lipinski definition) is 4. The van der Waals surface area contributed by atoms with Gasteiger partial charge in [-0.25, -0.2) is 4.98 Å². The third kappa shape index (κ3) is 2.14. The van der Waals surface area contributed by atoms with Gasteiger partial charge < -0.3 is 4.90 Å². The van der Waals surface area contributed by atoms with Crippen LogP contribution in [0.3, 0.4) is 0 Å². The van der Waals surface area contributed by atoms with Crippen LogP contribution < -0.4 is 4.90 Å². The summed E-state index contributed by atoms with van der Waals surface area (Å²) in [5.74, 6) is 0.734. The summed E-state index contributed by atoms with van der Waals surface area (Å²) < 4.78 is 0. The van der Waals surface area contributed by atoms with Gasteiger partial charge in [-0.05, 0) is 13.8 Å². The number of rotatable bonds is 4. The molecular formula is C8H14N2S2. The Labute approximate surface area is 83.0 Å². The third-order valence-electron chi connectivity index (χ3n) is 1.74. The number of nitrogens with zero attached hydrogens (tertiary/aromatic N) is 2. The Balaban J connectivity index is 2.72. The second kappa shape index (κ2) is 4.72. The quantitative estimate of drug-likeness (QED) is 0.755. The highest BCUT2D eigenvalue weighted by molar-refractivity contribution is 7.79. The van der Waals surface area contributed by atoms with E-state index in [9.17, 15) is 0 Å². The number of thiazole rings is 1. The molecular weight excluding hydrogens is 188 g/mol. The van der Waals surface area contributed by atoms with Gasteiger partial charge in [0.1, 0.15) is 0 Å². The van der Waals surface area contributed by atoms with Crippen LogP contribution in [0.4, 0.5) is 5.13 Å². The van der Waals surface area contributed by atoms with Crippen LogP contribution in [0.1, 0.15) is 19.5 Å². The molecule has 68 valence electrons. The maximum Gasteiger partial charge on any atom is 0.185 e. The van der Waals surface area contributed by atoms with Crippen LogP contribution in [-0.2, 0) is 5.75 Å². The molecule has 2 nitrogen and oxygen atoms in total. The van der Waals surface area contributed by atoms with E-state index in [0.717, 1.165) is 29.7 Å². The minimum atomic E-state index is 0.734. The summed E-state index contributed by atoms with van der Waals surface area (Å²) in [6.07, 6.45) is 0. The Morgan fingerprint density at radius 1 is 1.50 bits per heavy atom. The van der Waals surface area contributed by atoms with E-state index in [2.05, 4.69) is 41.7 Å². The smallest absolute Gasteiger partial charge is 0.185 e. The lowest BCUT2D eigenvalue weighted by molar-refractivity contribution is 0.857. The van der Waals surface area contributed by atoms with Crippen molar-refractivity contribution in [3.63, 3.8) is 0 Å². The van der Waals surface area contributed by atoms with Crippen molar-refractivity contribution in [2.45, 2.75) is 19.6 Å². The monoisotopic (exact) mass is 202 g/mol. The molecule has 1 rings (SSSR count). The van der Waals surface area contributed by atoms with E-state index in [1.807, 2.05) is 0 Å². The molecule has 0 fully saturated rings. The molecule has 0 atom stereocenters. The Morgan fingerprint density at radius 3 is 2.58 bits per heavy atom. The summed E-state index contributed by atoms with van der Waals surface area (Å²) in [5.41, 5.74) is 1.07. The molecule has 0 saturated heterocycles. The summed E-state index contributed by atoms with van der Waals surface area (Å²) >= 11 is 5.87. The van der Waals surface area contributed by atoms with Gasteiger partial charge in [-0.3, -0.25) is 0 Å². The maximum atomic E-state index is 4.44. The Bertz CT molecular complexity index is 231. The van der Waals surface area contributed by atoms with Crippen LogP contribution >= 0.6 is 24.0 Å². The van der Waals surface area contributed by atoms with Crippen molar-refractivity contribution in [2.75, 3.05) is 18.0 Å². The van der Waals surface area contributed by atoms with Crippen molar-refractivity contribution in [1.29, 1.82) is 0 Å². The van der Waals surface area contributed by atoms with E-state index in [4.69, 9.17) is 0 Å². The molecule has 0 N–H and O–H groups in total. The number of anilines is 1. The molecule has 0 radical (unpaired) electrons. The van der Waals surface area contributed by atoms with E-state index in [1.54, 1.807) is 11.3 Å². The first-order valence-corrected chi connectivity index (χ1v) is 5.63. The highest BCUT2D eigenvalue weighted by Gasteiger charge is 2.05. The van der Waals surface area contributed by atoms with Crippen LogP contribution in [0.5, 0.6) is 0 Å².